The molecule has 4 nitrogen and oxygen atoms in total. The Morgan fingerprint density at radius 3 is 2.54 bits per heavy atom. The molecule has 1 aromatic rings. The standard InChI is InChI=1S/C9H7NO3/c1-13-5-2-3-6-7(4-5)9(12)10-8(6)11/h2-4H,1H3,(H,10,11,12). The van der Waals surface area contributed by atoms with Crippen LogP contribution >= 0.6 is 0 Å². The molecule has 2 amide bonds. The van der Waals surface area contributed by atoms with Crippen LogP contribution in [0.2, 0.25) is 0 Å². The molecule has 0 aromatic heterocycles. The molecule has 1 aromatic carbocycles. The van der Waals surface area contributed by atoms with Gasteiger partial charge in [-0.25, -0.2) is 0 Å². The largest absolute Gasteiger partial charge is 0.497 e. The summed E-state index contributed by atoms with van der Waals surface area (Å²) in [4.78, 5) is 22.3. The van der Waals surface area contributed by atoms with E-state index in [0.717, 1.165) is 0 Å². The first-order valence-corrected chi connectivity index (χ1v) is 3.76. The molecular weight excluding hydrogens is 170 g/mol. The van der Waals surface area contributed by atoms with E-state index in [-0.39, 0.29) is 11.8 Å². The predicted octanol–water partition coefficient (Wildman–Crippen LogP) is 0.579. The van der Waals surface area contributed by atoms with E-state index in [1.807, 2.05) is 0 Å². The van der Waals surface area contributed by atoms with Gasteiger partial charge in [0.2, 0.25) is 0 Å². The Hall–Kier alpha value is -1.84. The third kappa shape index (κ3) is 1.07. The van der Waals surface area contributed by atoms with Gasteiger partial charge < -0.3 is 4.74 Å². The highest BCUT2D eigenvalue weighted by Crippen LogP contribution is 2.21. The maximum atomic E-state index is 11.2. The van der Waals surface area contributed by atoms with Crippen molar-refractivity contribution in [2.75, 3.05) is 7.11 Å². The summed E-state index contributed by atoms with van der Waals surface area (Å²) in [5.74, 6) is -0.134. The van der Waals surface area contributed by atoms with Crippen molar-refractivity contribution in [2.24, 2.45) is 0 Å². The predicted molar refractivity (Wildman–Crippen MR) is 44.8 cm³/mol. The van der Waals surface area contributed by atoms with Gasteiger partial charge >= 0.3 is 0 Å². The average molecular weight is 177 g/mol. The Labute approximate surface area is 74.5 Å². The van der Waals surface area contributed by atoms with Crippen LogP contribution in [0.1, 0.15) is 20.7 Å². The minimum atomic E-state index is -0.362. The Bertz CT molecular complexity index is 398. The number of fused-ring (bicyclic) bond motifs is 1. The van der Waals surface area contributed by atoms with E-state index >= 15 is 0 Å². The lowest BCUT2D eigenvalue weighted by molar-refractivity contribution is 0.0879. The molecule has 4 heteroatoms. The normalized spacial score (nSPS) is 13.9. The second-order valence-corrected chi connectivity index (χ2v) is 2.69. The van der Waals surface area contributed by atoms with Crippen LogP contribution < -0.4 is 10.1 Å². The average Bonchev–Trinajstić information content (AvgIpc) is 2.42. The zero-order chi connectivity index (χ0) is 9.42. The van der Waals surface area contributed by atoms with E-state index in [0.29, 0.717) is 16.9 Å². The van der Waals surface area contributed by atoms with Crippen molar-refractivity contribution in [1.29, 1.82) is 0 Å². The highest BCUT2D eigenvalue weighted by Gasteiger charge is 2.26. The molecule has 0 unspecified atom stereocenters. The summed E-state index contributed by atoms with van der Waals surface area (Å²) in [6.45, 7) is 0. The SMILES string of the molecule is COc1ccc2c(c1)C(=O)NC2=O. The first-order valence-electron chi connectivity index (χ1n) is 3.76. The number of hydrogen-bond acceptors (Lipinski definition) is 3. The molecule has 0 saturated carbocycles. The molecule has 0 atom stereocenters. The van der Waals surface area contributed by atoms with Crippen LogP contribution in [0.15, 0.2) is 18.2 Å². The molecule has 13 heavy (non-hydrogen) atoms. The van der Waals surface area contributed by atoms with Crippen LogP contribution in [0, 0.1) is 0 Å². The van der Waals surface area contributed by atoms with E-state index < -0.39 is 0 Å². The van der Waals surface area contributed by atoms with Gasteiger partial charge in [-0.05, 0) is 18.2 Å². The Morgan fingerprint density at radius 1 is 1.15 bits per heavy atom. The number of benzene rings is 1. The minimum Gasteiger partial charge on any atom is -0.497 e. The molecule has 1 heterocycles. The van der Waals surface area contributed by atoms with E-state index in [2.05, 4.69) is 5.32 Å². The van der Waals surface area contributed by atoms with Crippen molar-refractivity contribution in [2.45, 2.75) is 0 Å². The molecule has 0 fully saturated rings. The maximum Gasteiger partial charge on any atom is 0.259 e. The molecule has 1 aliphatic heterocycles. The van der Waals surface area contributed by atoms with Crippen molar-refractivity contribution in [3.8, 4) is 5.75 Å². The van der Waals surface area contributed by atoms with Crippen LogP contribution in [-0.4, -0.2) is 18.9 Å². The summed E-state index contributed by atoms with van der Waals surface area (Å²) in [5, 5.41) is 2.20. The van der Waals surface area contributed by atoms with E-state index in [1.54, 1.807) is 18.2 Å². The monoisotopic (exact) mass is 177 g/mol. The maximum absolute atomic E-state index is 11.2. The summed E-state index contributed by atoms with van der Waals surface area (Å²) in [6.07, 6.45) is 0. The summed E-state index contributed by atoms with van der Waals surface area (Å²) in [7, 11) is 1.51. The fourth-order valence-electron chi connectivity index (χ4n) is 1.27. The zero-order valence-corrected chi connectivity index (χ0v) is 6.96. The van der Waals surface area contributed by atoms with Crippen LogP contribution in [0.25, 0.3) is 0 Å². The van der Waals surface area contributed by atoms with Gasteiger partial charge in [-0.15, -0.1) is 0 Å². The van der Waals surface area contributed by atoms with Gasteiger partial charge in [0.15, 0.2) is 0 Å². The van der Waals surface area contributed by atoms with Crippen molar-refractivity contribution >= 4 is 11.8 Å². The molecule has 2 rings (SSSR count). The van der Waals surface area contributed by atoms with E-state index in [4.69, 9.17) is 4.74 Å². The minimum absolute atomic E-state index is 0.345. The Morgan fingerprint density at radius 2 is 1.85 bits per heavy atom. The summed E-state index contributed by atoms with van der Waals surface area (Å²) < 4.78 is 4.93. The molecule has 0 aliphatic carbocycles. The van der Waals surface area contributed by atoms with Crippen LogP contribution in [0.4, 0.5) is 0 Å². The lowest BCUT2D eigenvalue weighted by Gasteiger charge is -1.99. The van der Waals surface area contributed by atoms with Gasteiger partial charge in [0.1, 0.15) is 5.75 Å². The van der Waals surface area contributed by atoms with Crippen molar-refractivity contribution < 1.29 is 14.3 Å². The smallest absolute Gasteiger partial charge is 0.259 e. The van der Waals surface area contributed by atoms with Crippen molar-refractivity contribution in [3.63, 3.8) is 0 Å². The summed E-state index contributed by atoms with van der Waals surface area (Å²) in [6, 6.07) is 4.78. The van der Waals surface area contributed by atoms with Gasteiger partial charge in [-0.2, -0.15) is 0 Å². The molecule has 0 bridgehead atoms. The van der Waals surface area contributed by atoms with Gasteiger partial charge in [-0.1, -0.05) is 0 Å². The van der Waals surface area contributed by atoms with Crippen molar-refractivity contribution in [1.82, 2.24) is 5.32 Å². The second-order valence-electron chi connectivity index (χ2n) is 2.69. The summed E-state index contributed by atoms with van der Waals surface area (Å²) >= 11 is 0. The lowest BCUT2D eigenvalue weighted by atomic mass is 10.1. The van der Waals surface area contributed by atoms with Gasteiger partial charge in [0.05, 0.1) is 18.2 Å². The fraction of sp³-hybridized carbons (Fsp3) is 0.111. The molecule has 66 valence electrons. The first kappa shape index (κ1) is 7.79. The molecule has 1 N–H and O–H groups in total. The summed E-state index contributed by atoms with van der Waals surface area (Å²) in [5.41, 5.74) is 0.787. The van der Waals surface area contributed by atoms with E-state index in [9.17, 15) is 9.59 Å². The molecule has 0 spiro atoms. The number of methoxy groups -OCH3 is 1. The molecule has 0 saturated heterocycles. The number of carbonyl (C=O) groups excluding carboxylic acids is 2. The third-order valence-electron chi connectivity index (χ3n) is 1.94. The quantitative estimate of drug-likeness (QED) is 0.638. The number of ether oxygens (including phenoxy) is 1. The zero-order valence-electron chi connectivity index (χ0n) is 6.96. The van der Waals surface area contributed by atoms with Gasteiger partial charge in [0.25, 0.3) is 11.8 Å². The lowest BCUT2D eigenvalue weighted by Crippen LogP contribution is -2.19. The third-order valence-corrected chi connectivity index (χ3v) is 1.94. The highest BCUT2D eigenvalue weighted by molar-refractivity contribution is 6.21. The fourth-order valence-corrected chi connectivity index (χ4v) is 1.27. The molecule has 0 radical (unpaired) electrons. The number of carbonyl (C=O) groups is 2. The first-order chi connectivity index (χ1) is 6.22. The number of amides is 2. The number of nitrogens with one attached hydrogen (secondary N) is 1. The van der Waals surface area contributed by atoms with E-state index in [1.165, 1.54) is 7.11 Å². The van der Waals surface area contributed by atoms with Gasteiger partial charge in [-0.3, -0.25) is 14.9 Å². The number of rotatable bonds is 1. The number of hydrogen-bond donors (Lipinski definition) is 1. The van der Waals surface area contributed by atoms with Crippen molar-refractivity contribution in [3.05, 3.63) is 29.3 Å². The second kappa shape index (κ2) is 2.58. The highest BCUT2D eigenvalue weighted by atomic mass is 16.5. The Balaban J connectivity index is 2.58. The van der Waals surface area contributed by atoms with Gasteiger partial charge in [0, 0.05) is 0 Å². The number of imide groups is 1. The topological polar surface area (TPSA) is 55.4 Å². The van der Waals surface area contributed by atoms with Crippen LogP contribution in [0.5, 0.6) is 5.75 Å². The Kier molecular flexibility index (Phi) is 1.55. The van der Waals surface area contributed by atoms with Crippen LogP contribution in [-0.2, 0) is 0 Å². The van der Waals surface area contributed by atoms with Crippen LogP contribution in [0.3, 0.4) is 0 Å². The molecular formula is C9H7NO3. The molecule has 1 aliphatic rings.